The highest BCUT2D eigenvalue weighted by Crippen LogP contribution is 2.24. The quantitative estimate of drug-likeness (QED) is 0.790. The van der Waals surface area contributed by atoms with E-state index in [0.29, 0.717) is 0 Å². The Morgan fingerprint density at radius 2 is 1.95 bits per heavy atom. The lowest BCUT2D eigenvalue weighted by molar-refractivity contribution is -0.159. The number of hydrogen-bond donors (Lipinski definition) is 0. The number of hydrogen-bond acceptors (Lipinski definition) is 5. The zero-order valence-corrected chi connectivity index (χ0v) is 13.1. The lowest BCUT2D eigenvalue weighted by atomic mass is 10.2. The number of esters is 1. The molecule has 0 N–H and O–H groups in total. The van der Waals surface area contributed by atoms with Gasteiger partial charge in [-0.3, -0.25) is 8.98 Å². The van der Waals surface area contributed by atoms with Gasteiger partial charge in [-0.15, -0.1) is 0 Å². The molecule has 0 spiro atoms. The number of ether oxygens (including phenoxy) is 1. The fraction of sp³-hybridized carbons (Fsp3) is 0.500. The smallest absolute Gasteiger partial charge is 0.339 e. The highest BCUT2D eigenvalue weighted by molar-refractivity contribution is 7.84. The molecular formula is C14H19NO5S. The molecule has 0 saturated carbocycles. The fourth-order valence-corrected chi connectivity index (χ4v) is 3.17. The van der Waals surface area contributed by atoms with E-state index in [1.54, 1.807) is 45.0 Å². The summed E-state index contributed by atoms with van der Waals surface area (Å²) in [5.74, 6) is -0.598. The van der Waals surface area contributed by atoms with Gasteiger partial charge in [0, 0.05) is 6.54 Å². The Hall–Kier alpha value is -1.44. The third-order valence-corrected chi connectivity index (χ3v) is 4.26. The molecule has 7 heteroatoms. The second-order valence-corrected chi connectivity index (χ2v) is 7.38. The van der Waals surface area contributed by atoms with Crippen LogP contribution in [0.4, 0.5) is 0 Å². The fourth-order valence-electron chi connectivity index (χ4n) is 1.97. The Morgan fingerprint density at radius 3 is 2.52 bits per heavy atom. The van der Waals surface area contributed by atoms with Crippen LogP contribution in [-0.4, -0.2) is 36.9 Å². The van der Waals surface area contributed by atoms with Crippen molar-refractivity contribution in [3.8, 4) is 0 Å². The number of rotatable bonds is 3. The molecule has 1 heterocycles. The largest absolute Gasteiger partial charge is 0.459 e. The molecule has 1 aliphatic rings. The Kier molecular flexibility index (Phi) is 4.36. The number of benzene rings is 1. The van der Waals surface area contributed by atoms with E-state index in [4.69, 9.17) is 8.92 Å². The van der Waals surface area contributed by atoms with Crippen molar-refractivity contribution in [1.82, 2.24) is 4.31 Å². The predicted octanol–water partition coefficient (Wildman–Crippen LogP) is 1.47. The summed E-state index contributed by atoms with van der Waals surface area (Å²) in [6.45, 7) is 5.06. The van der Waals surface area contributed by atoms with Crippen LogP contribution in [0.2, 0.25) is 0 Å². The van der Waals surface area contributed by atoms with Crippen molar-refractivity contribution in [2.75, 3.05) is 6.61 Å². The molecule has 21 heavy (non-hydrogen) atoms. The molecule has 2 rings (SSSR count). The number of nitrogens with zero attached hydrogens (tertiary/aromatic N) is 1. The molecule has 0 radical (unpaired) electrons. The van der Waals surface area contributed by atoms with Crippen LogP contribution in [0.15, 0.2) is 30.3 Å². The molecule has 1 atom stereocenters. The van der Waals surface area contributed by atoms with E-state index in [1.165, 1.54) is 0 Å². The topological polar surface area (TPSA) is 72.9 Å². The first-order valence-corrected chi connectivity index (χ1v) is 7.98. The lowest BCUT2D eigenvalue weighted by Gasteiger charge is -2.24. The van der Waals surface area contributed by atoms with Gasteiger partial charge in [0.25, 0.3) is 0 Å². The summed E-state index contributed by atoms with van der Waals surface area (Å²) in [6.07, 6.45) is 0. The SMILES string of the molecule is CC(C)(C)OC(=O)[C@@H]1COS(=O)(=O)N1Cc1ccccc1. The summed E-state index contributed by atoms with van der Waals surface area (Å²) in [5, 5.41) is 0. The maximum absolute atomic E-state index is 12.1. The van der Waals surface area contributed by atoms with Crippen molar-refractivity contribution in [3.63, 3.8) is 0 Å². The molecule has 0 amide bonds. The third-order valence-electron chi connectivity index (χ3n) is 2.87. The Labute approximate surface area is 124 Å². The van der Waals surface area contributed by atoms with E-state index < -0.39 is 27.9 Å². The van der Waals surface area contributed by atoms with Crippen molar-refractivity contribution in [2.24, 2.45) is 0 Å². The summed E-state index contributed by atoms with van der Waals surface area (Å²) in [7, 11) is -3.90. The molecule has 0 bridgehead atoms. The van der Waals surface area contributed by atoms with Gasteiger partial charge in [-0.05, 0) is 26.3 Å². The highest BCUT2D eigenvalue weighted by Gasteiger charge is 2.44. The zero-order valence-electron chi connectivity index (χ0n) is 12.3. The monoisotopic (exact) mass is 313 g/mol. The minimum absolute atomic E-state index is 0.0765. The van der Waals surface area contributed by atoms with Crippen LogP contribution in [0.3, 0.4) is 0 Å². The molecule has 116 valence electrons. The summed E-state index contributed by atoms with van der Waals surface area (Å²) in [4.78, 5) is 12.1. The first-order valence-electron chi connectivity index (χ1n) is 6.62. The van der Waals surface area contributed by atoms with Crippen LogP contribution in [0.1, 0.15) is 26.3 Å². The Balaban J connectivity index is 2.19. The van der Waals surface area contributed by atoms with Gasteiger partial charge in [0.1, 0.15) is 11.6 Å². The molecule has 0 unspecified atom stereocenters. The van der Waals surface area contributed by atoms with Crippen molar-refractivity contribution in [2.45, 2.75) is 39.0 Å². The highest BCUT2D eigenvalue weighted by atomic mass is 32.2. The maximum atomic E-state index is 12.1. The van der Waals surface area contributed by atoms with E-state index in [1.807, 2.05) is 6.07 Å². The summed E-state index contributed by atoms with van der Waals surface area (Å²) in [5.41, 5.74) is 0.0992. The number of carbonyl (C=O) groups is 1. The molecule has 1 saturated heterocycles. The predicted molar refractivity (Wildman–Crippen MR) is 76.5 cm³/mol. The molecule has 0 aromatic heterocycles. The van der Waals surface area contributed by atoms with E-state index >= 15 is 0 Å². The Bertz CT molecular complexity index is 606. The van der Waals surface area contributed by atoms with Gasteiger partial charge in [-0.1, -0.05) is 30.3 Å². The third kappa shape index (κ3) is 4.03. The van der Waals surface area contributed by atoms with Gasteiger partial charge in [-0.2, -0.15) is 12.7 Å². The van der Waals surface area contributed by atoms with Gasteiger partial charge < -0.3 is 4.74 Å². The molecule has 1 aliphatic heterocycles. The molecule has 6 nitrogen and oxygen atoms in total. The summed E-state index contributed by atoms with van der Waals surface area (Å²) < 4.78 is 35.0. The average molecular weight is 313 g/mol. The summed E-state index contributed by atoms with van der Waals surface area (Å²) >= 11 is 0. The van der Waals surface area contributed by atoms with Gasteiger partial charge in [0.05, 0.1) is 6.61 Å². The minimum Gasteiger partial charge on any atom is -0.459 e. The Morgan fingerprint density at radius 1 is 1.33 bits per heavy atom. The molecule has 1 aromatic rings. The average Bonchev–Trinajstić information content (AvgIpc) is 2.65. The number of carbonyl (C=O) groups excluding carboxylic acids is 1. The van der Waals surface area contributed by atoms with E-state index in [0.717, 1.165) is 9.87 Å². The van der Waals surface area contributed by atoms with Crippen LogP contribution >= 0.6 is 0 Å². The van der Waals surface area contributed by atoms with E-state index in [9.17, 15) is 13.2 Å². The summed E-state index contributed by atoms with van der Waals surface area (Å²) in [6, 6.07) is 8.08. The van der Waals surface area contributed by atoms with Gasteiger partial charge in [0.15, 0.2) is 0 Å². The maximum Gasteiger partial charge on any atom is 0.339 e. The normalized spacial score (nSPS) is 22.1. The van der Waals surface area contributed by atoms with Crippen LogP contribution in [0, 0.1) is 0 Å². The zero-order chi connectivity index (χ0) is 15.7. The first-order chi connectivity index (χ1) is 9.69. The standard InChI is InChI=1S/C14H19NO5S/c1-14(2,3)20-13(16)12-10-19-21(17,18)15(12)9-11-7-5-4-6-8-11/h4-8,12H,9-10H2,1-3H3/t12-/m0/s1. The van der Waals surface area contributed by atoms with Crippen LogP contribution in [0.25, 0.3) is 0 Å². The van der Waals surface area contributed by atoms with Crippen molar-refractivity contribution >= 4 is 16.3 Å². The van der Waals surface area contributed by atoms with Crippen LogP contribution < -0.4 is 0 Å². The molecule has 0 aliphatic carbocycles. The molecule has 1 aromatic carbocycles. The van der Waals surface area contributed by atoms with Gasteiger partial charge >= 0.3 is 16.3 Å². The second kappa shape index (κ2) is 5.75. The second-order valence-electron chi connectivity index (χ2n) is 5.82. The minimum atomic E-state index is -3.90. The molecule has 1 fully saturated rings. The van der Waals surface area contributed by atoms with Gasteiger partial charge in [-0.25, -0.2) is 0 Å². The lowest BCUT2D eigenvalue weighted by Crippen LogP contribution is -2.42. The first kappa shape index (κ1) is 15.9. The van der Waals surface area contributed by atoms with Crippen molar-refractivity contribution in [3.05, 3.63) is 35.9 Å². The van der Waals surface area contributed by atoms with Crippen LogP contribution in [0.5, 0.6) is 0 Å². The van der Waals surface area contributed by atoms with E-state index in [-0.39, 0.29) is 13.2 Å². The molecular weight excluding hydrogens is 294 g/mol. The van der Waals surface area contributed by atoms with E-state index in [2.05, 4.69) is 0 Å². The van der Waals surface area contributed by atoms with Gasteiger partial charge in [0.2, 0.25) is 0 Å². The van der Waals surface area contributed by atoms with Crippen molar-refractivity contribution < 1.29 is 22.1 Å². The van der Waals surface area contributed by atoms with Crippen LogP contribution in [-0.2, 0) is 30.6 Å². The van der Waals surface area contributed by atoms with Crippen molar-refractivity contribution in [1.29, 1.82) is 0 Å².